The molecule has 0 aromatic carbocycles. The van der Waals surface area contributed by atoms with E-state index < -0.39 is 5.41 Å². The third-order valence-electron chi connectivity index (χ3n) is 35.5. The van der Waals surface area contributed by atoms with Crippen LogP contribution in [0.4, 0.5) is 0 Å². The van der Waals surface area contributed by atoms with Crippen molar-refractivity contribution in [1.29, 1.82) is 0 Å². The van der Waals surface area contributed by atoms with Crippen LogP contribution in [0.1, 0.15) is 364 Å². The molecule has 1 heterocycles. The molecule has 1 aliphatic heterocycles. The summed E-state index contributed by atoms with van der Waals surface area (Å²) >= 11 is 0. The van der Waals surface area contributed by atoms with Gasteiger partial charge < -0.3 is 23.7 Å². The van der Waals surface area contributed by atoms with Crippen molar-refractivity contribution in [2.45, 2.75) is 400 Å². The summed E-state index contributed by atoms with van der Waals surface area (Å²) in [6, 6.07) is 0.269. The van der Waals surface area contributed by atoms with Gasteiger partial charge in [0.2, 0.25) is 11.8 Å². The van der Waals surface area contributed by atoms with Crippen molar-refractivity contribution in [2.75, 3.05) is 0 Å². The molecule has 1 saturated heterocycles. The van der Waals surface area contributed by atoms with E-state index in [4.69, 9.17) is 23.7 Å². The van der Waals surface area contributed by atoms with Gasteiger partial charge in [-0.15, -0.1) is 0 Å². The monoisotopic (exact) mass is 1520 g/mol. The fraction of sp³-hybridized carbons (Fsp3) is 0.927. The second kappa shape index (κ2) is 32.5. The summed E-state index contributed by atoms with van der Waals surface area (Å²) in [5, 5.41) is 0. The normalized spacial score (nSPS) is 41.5. The van der Waals surface area contributed by atoms with Crippen molar-refractivity contribution in [1.82, 2.24) is 4.90 Å². The smallest absolute Gasteiger partial charge is 0.312 e. The number of esters is 5. The number of likely N-dealkylation sites (tertiary alicyclic amines) is 1. The third kappa shape index (κ3) is 16.6. The predicted molar refractivity (Wildman–Crippen MR) is 430 cm³/mol. The number of nitrogens with zero attached hydrogens (tertiary/aromatic N) is 1. The van der Waals surface area contributed by atoms with E-state index >= 15 is 0 Å². The summed E-state index contributed by atoms with van der Waals surface area (Å²) in [7, 11) is 0. The van der Waals surface area contributed by atoms with Gasteiger partial charge in [-0.3, -0.25) is 38.5 Å². The van der Waals surface area contributed by atoms with Crippen LogP contribution >= 0.6 is 0 Å². The molecular weight excluding hydrogens is 1360 g/mol. The lowest BCUT2D eigenvalue weighted by Crippen LogP contribution is -2.68. The van der Waals surface area contributed by atoms with Gasteiger partial charge in [0.25, 0.3) is 0 Å². The summed E-state index contributed by atoms with van der Waals surface area (Å²) in [4.78, 5) is 87.8. The molecule has 0 aromatic rings. The molecule has 19 aliphatic rings. The summed E-state index contributed by atoms with van der Waals surface area (Å²) in [6.45, 7) is 42.5. The maximum atomic E-state index is 12.7. The molecule has 19 fully saturated rings. The van der Waals surface area contributed by atoms with E-state index in [9.17, 15) is 33.6 Å². The van der Waals surface area contributed by atoms with Crippen molar-refractivity contribution in [3.05, 3.63) is 0 Å². The zero-order valence-electron chi connectivity index (χ0n) is 72.9. The minimum absolute atomic E-state index is 0.00236. The second-order valence-corrected chi connectivity index (χ2v) is 44.2. The van der Waals surface area contributed by atoms with Gasteiger partial charge in [0, 0.05) is 10.8 Å². The number of β-lactam (4-membered cyclic amide) rings is 1. The standard InChI is InChI=1S/C18H28O2.C17H25NO2.2C16H26O2.C14H24O2.C13H22O2.C2H6/c1-4-18(2,3)17(19)20-14-9-12-8-13(14)16-11-6-5-10(7-11)15(12)16;1-4-17(2,3)16(20)18-14-12-8-11(13(14)15(18)19)9-6-5-7-10(9)12;1-4-15(2,3)14(17)18-16-8-11-5-12(9-16)7-13(6-11)10-16;1-4-16(2,3)15(17)18-14-9-10-8-13(14)12-7-5-6-11(10)12;1-5-13(2,3)12(15)16-11-8-10-6-7-14(11,4)9-10;1-4-13(2,3)12(14)15-11-8-9-5-6-10(11)7-9;1-2/h10-16H,4-9H2,1-3H3;9-14H,4-8H2,1-3H3;11-13H,4-10H2,1-3H3;10-14H,4-9H2,1-3H3;10-11H,5-9H2,1-4H3;9-11H,4-8H2,1-3H3;1-2H3. The van der Waals surface area contributed by atoms with E-state index in [1.807, 2.05) is 118 Å². The maximum absolute atomic E-state index is 12.7. The summed E-state index contributed by atoms with van der Waals surface area (Å²) < 4.78 is 29.3. The van der Waals surface area contributed by atoms with E-state index in [0.717, 1.165) is 166 Å². The van der Waals surface area contributed by atoms with Crippen molar-refractivity contribution in [3.63, 3.8) is 0 Å². The van der Waals surface area contributed by atoms with Gasteiger partial charge in [0.1, 0.15) is 30.0 Å². The molecule has 2 amide bonds. The molecule has 109 heavy (non-hydrogen) atoms. The van der Waals surface area contributed by atoms with E-state index in [1.165, 1.54) is 141 Å². The maximum Gasteiger partial charge on any atom is 0.312 e. The first kappa shape index (κ1) is 84.9. The highest BCUT2D eigenvalue weighted by Crippen LogP contribution is 2.69. The van der Waals surface area contributed by atoms with Crippen LogP contribution in [0.15, 0.2) is 0 Å². The Labute approximate surface area is 662 Å². The fourth-order valence-electron chi connectivity index (χ4n) is 26.9. The second-order valence-electron chi connectivity index (χ2n) is 44.2. The lowest BCUT2D eigenvalue weighted by molar-refractivity contribution is -0.196. The lowest BCUT2D eigenvalue weighted by atomic mass is 9.54. The molecule has 13 nitrogen and oxygen atoms in total. The van der Waals surface area contributed by atoms with Gasteiger partial charge in [0.15, 0.2) is 0 Å². The topological polar surface area (TPSA) is 169 Å². The van der Waals surface area contributed by atoms with Crippen molar-refractivity contribution in [3.8, 4) is 0 Å². The van der Waals surface area contributed by atoms with E-state index in [0.29, 0.717) is 29.6 Å². The van der Waals surface area contributed by atoms with Gasteiger partial charge in [-0.05, 0) is 393 Å². The minimum atomic E-state index is -0.391. The number of rotatable bonds is 17. The molecule has 19 rings (SSSR count). The molecule has 0 N–H and O–H groups in total. The highest BCUT2D eigenvalue weighted by atomic mass is 16.6. The highest BCUT2D eigenvalue weighted by molar-refractivity contribution is 6.04. The molecule has 618 valence electrons. The zero-order chi connectivity index (χ0) is 79.2. The number of amides is 2. The molecule has 16 bridgehead atoms. The quantitative estimate of drug-likeness (QED) is 0.0586. The van der Waals surface area contributed by atoms with E-state index in [2.05, 4.69) is 27.7 Å². The number of carbonyl (C=O) groups excluding carboxylic acids is 7. The molecule has 0 radical (unpaired) electrons. The molecule has 0 spiro atoms. The number of carbonyl (C=O) groups is 7. The first-order valence-corrected chi connectivity index (χ1v) is 46.3. The van der Waals surface area contributed by atoms with Crippen LogP contribution in [0.3, 0.4) is 0 Å². The Morgan fingerprint density at radius 3 is 1.30 bits per heavy atom. The van der Waals surface area contributed by atoms with Gasteiger partial charge in [0.05, 0.1) is 39.0 Å². The highest BCUT2D eigenvalue weighted by Gasteiger charge is 2.71. The number of ether oxygens (including phenoxy) is 5. The summed E-state index contributed by atoms with van der Waals surface area (Å²) in [6.07, 6.45) is 42.5. The Kier molecular flexibility index (Phi) is 25.3. The van der Waals surface area contributed by atoms with Crippen molar-refractivity contribution >= 4 is 41.7 Å². The van der Waals surface area contributed by atoms with Gasteiger partial charge in [-0.1, -0.05) is 89.0 Å². The number of fused-ring (bicyclic) bond motifs is 26. The van der Waals surface area contributed by atoms with Gasteiger partial charge in [-0.25, -0.2) is 0 Å². The molecule has 13 heteroatoms. The first-order valence-electron chi connectivity index (χ1n) is 46.3. The van der Waals surface area contributed by atoms with Gasteiger partial charge >= 0.3 is 29.8 Å². The Hall–Kier alpha value is -3.51. The van der Waals surface area contributed by atoms with Crippen LogP contribution in [0.5, 0.6) is 0 Å². The molecule has 18 aliphatic carbocycles. The molecule has 24 atom stereocenters. The number of hydrogen-bond donors (Lipinski definition) is 0. The average molecular weight is 1520 g/mol. The van der Waals surface area contributed by atoms with Crippen LogP contribution in [-0.2, 0) is 57.2 Å². The zero-order valence-corrected chi connectivity index (χ0v) is 72.9. The Bertz CT molecular complexity index is 3210. The SMILES string of the molecule is CC.CCC(C)(C)C(=O)N1C(=O)C2C3CC(C4CCCC43)C21.CCC(C)(C)C(=O)OC12CC3CC(CC(C3)C1)C2.CCC(C)(C)C(=O)OC1CC2CC1C1C3CCC(C3)C21.CCC(C)(C)C(=O)OC1CC2CC1C1CCCC21.CCC(C)(C)C(=O)OC1CC2CCC1(C)C2.CCC(C)(C)C(=O)OC1CC2CCC1C2. The number of imide groups is 1. The van der Waals surface area contributed by atoms with Crippen LogP contribution in [0, 0.1) is 162 Å². The van der Waals surface area contributed by atoms with Crippen molar-refractivity contribution < 1.29 is 57.2 Å². The van der Waals surface area contributed by atoms with Crippen LogP contribution in [0.25, 0.3) is 0 Å². The molecule has 18 saturated carbocycles. The number of hydrogen-bond acceptors (Lipinski definition) is 12. The molecule has 0 aromatic heterocycles. The van der Waals surface area contributed by atoms with Crippen LogP contribution < -0.4 is 0 Å². The Balaban J connectivity index is 0.000000122. The van der Waals surface area contributed by atoms with Gasteiger partial charge in [-0.2, -0.15) is 0 Å². The fourth-order valence-corrected chi connectivity index (χ4v) is 26.9. The molecule has 24 unspecified atom stereocenters. The predicted octanol–water partition coefficient (Wildman–Crippen LogP) is 22.3. The molecular formula is C96H157NO12. The third-order valence-corrected chi connectivity index (χ3v) is 35.5. The largest absolute Gasteiger partial charge is 0.462 e. The van der Waals surface area contributed by atoms with Crippen LogP contribution in [-0.4, -0.2) is 82.6 Å². The van der Waals surface area contributed by atoms with Crippen molar-refractivity contribution in [2.24, 2.45) is 162 Å². The lowest BCUT2D eigenvalue weighted by Gasteiger charge is -2.56. The van der Waals surface area contributed by atoms with E-state index in [1.54, 1.807) is 4.90 Å². The Morgan fingerprint density at radius 1 is 0.367 bits per heavy atom. The van der Waals surface area contributed by atoms with Crippen LogP contribution in [0.2, 0.25) is 0 Å². The summed E-state index contributed by atoms with van der Waals surface area (Å²) in [5.74, 6) is 17.2. The Morgan fingerprint density at radius 2 is 0.817 bits per heavy atom. The summed E-state index contributed by atoms with van der Waals surface area (Å²) in [5.41, 5.74) is -1.74. The van der Waals surface area contributed by atoms with E-state index in [-0.39, 0.29) is 116 Å². The first-order chi connectivity index (χ1) is 51.3. The average Bonchev–Trinajstić information content (AvgIpc) is 1.53. The minimum Gasteiger partial charge on any atom is -0.462 e.